The first kappa shape index (κ1) is 20.0. The van der Waals surface area contributed by atoms with E-state index in [1.165, 1.54) is 16.4 Å². The molecule has 3 aromatic carbocycles. The van der Waals surface area contributed by atoms with E-state index in [1.807, 2.05) is 12.1 Å². The molecule has 0 aromatic heterocycles. The number of halogens is 1. The first-order chi connectivity index (χ1) is 13.4. The van der Waals surface area contributed by atoms with Gasteiger partial charge in [0.2, 0.25) is 0 Å². The van der Waals surface area contributed by atoms with Gasteiger partial charge in [0.05, 0.1) is 31.3 Å². The Kier molecular flexibility index (Phi) is 6.11. The maximum Gasteiger partial charge on any atom is 0.264 e. The number of sulfonamides is 1. The lowest BCUT2D eigenvalue weighted by Gasteiger charge is -2.25. The average molecular weight is 418 g/mol. The summed E-state index contributed by atoms with van der Waals surface area (Å²) in [5, 5.41) is 0.474. The van der Waals surface area contributed by atoms with Crippen LogP contribution in [0, 0.1) is 0 Å². The molecule has 0 heterocycles. The van der Waals surface area contributed by atoms with Gasteiger partial charge in [0.1, 0.15) is 11.5 Å². The van der Waals surface area contributed by atoms with Crippen molar-refractivity contribution in [2.24, 2.45) is 0 Å². The zero-order valence-electron chi connectivity index (χ0n) is 15.5. The summed E-state index contributed by atoms with van der Waals surface area (Å²) in [4.78, 5) is 0.160. The van der Waals surface area contributed by atoms with E-state index in [0.29, 0.717) is 22.2 Å². The van der Waals surface area contributed by atoms with Crippen LogP contribution in [0.1, 0.15) is 5.56 Å². The average Bonchev–Trinajstić information content (AvgIpc) is 2.72. The summed E-state index contributed by atoms with van der Waals surface area (Å²) >= 11 is 5.92. The normalized spacial score (nSPS) is 11.1. The van der Waals surface area contributed by atoms with E-state index in [4.69, 9.17) is 21.1 Å². The summed E-state index contributed by atoms with van der Waals surface area (Å²) in [6, 6.07) is 20.3. The Hall–Kier alpha value is -2.70. The highest BCUT2D eigenvalue weighted by atomic mass is 35.5. The number of hydrogen-bond donors (Lipinski definition) is 0. The van der Waals surface area contributed by atoms with Crippen LogP contribution in [0.4, 0.5) is 5.69 Å². The lowest BCUT2D eigenvalue weighted by molar-refractivity contribution is 0.414. The zero-order chi connectivity index (χ0) is 20.1. The predicted molar refractivity (Wildman–Crippen MR) is 111 cm³/mol. The largest absolute Gasteiger partial charge is 0.497 e. The smallest absolute Gasteiger partial charge is 0.264 e. The van der Waals surface area contributed by atoms with Crippen molar-refractivity contribution in [2.75, 3.05) is 18.5 Å². The Morgan fingerprint density at radius 1 is 0.857 bits per heavy atom. The van der Waals surface area contributed by atoms with Crippen LogP contribution in [0.25, 0.3) is 0 Å². The molecule has 0 saturated heterocycles. The summed E-state index contributed by atoms with van der Waals surface area (Å²) in [6.45, 7) is 0.155. The van der Waals surface area contributed by atoms with Gasteiger partial charge < -0.3 is 9.47 Å². The van der Waals surface area contributed by atoms with Crippen LogP contribution in [-0.2, 0) is 16.6 Å². The highest BCUT2D eigenvalue weighted by Crippen LogP contribution is 2.29. The molecule has 0 amide bonds. The molecule has 0 N–H and O–H groups in total. The molecule has 3 rings (SSSR count). The Morgan fingerprint density at radius 3 is 2.11 bits per heavy atom. The van der Waals surface area contributed by atoms with Crippen molar-refractivity contribution in [2.45, 2.75) is 11.4 Å². The fourth-order valence-electron chi connectivity index (χ4n) is 2.71. The van der Waals surface area contributed by atoms with Crippen LogP contribution in [0.3, 0.4) is 0 Å². The number of ether oxygens (including phenoxy) is 2. The summed E-state index contributed by atoms with van der Waals surface area (Å²) in [6.07, 6.45) is 0. The van der Waals surface area contributed by atoms with Gasteiger partial charge in [0.25, 0.3) is 10.0 Å². The Morgan fingerprint density at radius 2 is 1.50 bits per heavy atom. The summed E-state index contributed by atoms with van der Waals surface area (Å²) in [5.74, 6) is 1.28. The summed E-state index contributed by atoms with van der Waals surface area (Å²) < 4.78 is 38.6. The molecule has 7 heteroatoms. The van der Waals surface area contributed by atoms with Crippen LogP contribution < -0.4 is 13.8 Å². The van der Waals surface area contributed by atoms with Gasteiger partial charge in [0.15, 0.2) is 0 Å². The van der Waals surface area contributed by atoms with Gasteiger partial charge >= 0.3 is 0 Å². The molecule has 146 valence electrons. The second kappa shape index (κ2) is 8.54. The van der Waals surface area contributed by atoms with Crippen LogP contribution in [-0.4, -0.2) is 22.6 Å². The monoisotopic (exact) mass is 417 g/mol. The van der Waals surface area contributed by atoms with Crippen molar-refractivity contribution in [1.82, 2.24) is 0 Å². The molecule has 3 aromatic rings. The number of hydrogen-bond acceptors (Lipinski definition) is 4. The second-order valence-electron chi connectivity index (χ2n) is 6.02. The Bertz CT molecular complexity index is 1030. The molecule has 0 unspecified atom stereocenters. The van der Waals surface area contributed by atoms with Gasteiger partial charge in [-0.1, -0.05) is 29.8 Å². The fourth-order valence-corrected chi connectivity index (χ4v) is 4.28. The molecule has 0 saturated carbocycles. The van der Waals surface area contributed by atoms with E-state index in [0.717, 1.165) is 5.56 Å². The number of nitrogens with zero attached hydrogens (tertiary/aromatic N) is 1. The number of anilines is 1. The lowest BCUT2D eigenvalue weighted by atomic mass is 10.2. The van der Waals surface area contributed by atoms with Crippen molar-refractivity contribution in [3.8, 4) is 11.5 Å². The van der Waals surface area contributed by atoms with Gasteiger partial charge in [-0.05, 0) is 54.1 Å². The van der Waals surface area contributed by atoms with Crippen LogP contribution in [0.15, 0.2) is 77.7 Å². The van der Waals surface area contributed by atoms with Crippen LogP contribution >= 0.6 is 11.6 Å². The molecule has 0 aliphatic rings. The molecule has 0 aliphatic heterocycles. The van der Waals surface area contributed by atoms with Gasteiger partial charge in [0, 0.05) is 11.1 Å². The molecule has 0 fully saturated rings. The molecular formula is C21H20ClNO4S. The third kappa shape index (κ3) is 4.40. The molecule has 0 bridgehead atoms. The van der Waals surface area contributed by atoms with Gasteiger partial charge in [-0.15, -0.1) is 0 Å². The number of rotatable bonds is 7. The van der Waals surface area contributed by atoms with Crippen molar-refractivity contribution in [3.63, 3.8) is 0 Å². The predicted octanol–water partition coefficient (Wildman–Crippen LogP) is 4.75. The van der Waals surface area contributed by atoms with E-state index in [1.54, 1.807) is 62.8 Å². The van der Waals surface area contributed by atoms with Gasteiger partial charge in [-0.2, -0.15) is 0 Å². The third-order valence-electron chi connectivity index (χ3n) is 4.23. The third-order valence-corrected chi connectivity index (χ3v) is 6.27. The minimum Gasteiger partial charge on any atom is -0.497 e. The molecule has 28 heavy (non-hydrogen) atoms. The standard InChI is InChI=1S/C21H20ClNO4S/c1-26-19-10-6-16(7-11-19)15-23(18-4-3-5-20(14-18)27-2)28(24,25)21-12-8-17(22)9-13-21/h3-14H,15H2,1-2H3. The molecule has 0 atom stereocenters. The number of benzene rings is 3. The van der Waals surface area contributed by atoms with E-state index in [9.17, 15) is 8.42 Å². The summed E-state index contributed by atoms with van der Waals surface area (Å²) in [5.41, 5.74) is 1.33. The zero-order valence-corrected chi connectivity index (χ0v) is 17.1. The van der Waals surface area contributed by atoms with Crippen LogP contribution in [0.5, 0.6) is 11.5 Å². The van der Waals surface area contributed by atoms with Crippen molar-refractivity contribution < 1.29 is 17.9 Å². The SMILES string of the molecule is COc1ccc(CN(c2cccc(OC)c2)S(=O)(=O)c2ccc(Cl)cc2)cc1. The first-order valence-corrected chi connectivity index (χ1v) is 10.3. The quantitative estimate of drug-likeness (QED) is 0.556. The van der Waals surface area contributed by atoms with Gasteiger partial charge in [-0.3, -0.25) is 4.31 Å². The molecule has 0 aliphatic carbocycles. The number of methoxy groups -OCH3 is 2. The highest BCUT2D eigenvalue weighted by Gasteiger charge is 2.25. The first-order valence-electron chi connectivity index (χ1n) is 8.49. The Labute approximate surface area is 170 Å². The molecule has 0 spiro atoms. The lowest BCUT2D eigenvalue weighted by Crippen LogP contribution is -2.30. The highest BCUT2D eigenvalue weighted by molar-refractivity contribution is 7.92. The Balaban J connectivity index is 2.05. The minimum absolute atomic E-state index is 0.155. The van der Waals surface area contributed by atoms with Crippen molar-refractivity contribution in [3.05, 3.63) is 83.4 Å². The molecular weight excluding hydrogens is 398 g/mol. The second-order valence-corrected chi connectivity index (χ2v) is 8.31. The van der Waals surface area contributed by atoms with Crippen LogP contribution in [0.2, 0.25) is 5.02 Å². The maximum absolute atomic E-state index is 13.4. The maximum atomic E-state index is 13.4. The van der Waals surface area contributed by atoms with Gasteiger partial charge in [-0.25, -0.2) is 8.42 Å². The molecule has 5 nitrogen and oxygen atoms in total. The van der Waals surface area contributed by atoms with Crippen molar-refractivity contribution >= 4 is 27.3 Å². The fraction of sp³-hybridized carbons (Fsp3) is 0.143. The topological polar surface area (TPSA) is 55.8 Å². The van der Waals surface area contributed by atoms with E-state index >= 15 is 0 Å². The van der Waals surface area contributed by atoms with Crippen molar-refractivity contribution in [1.29, 1.82) is 0 Å². The van der Waals surface area contributed by atoms with E-state index in [2.05, 4.69) is 0 Å². The van der Waals surface area contributed by atoms with E-state index in [-0.39, 0.29) is 11.4 Å². The molecule has 0 radical (unpaired) electrons. The summed E-state index contributed by atoms with van der Waals surface area (Å²) in [7, 11) is -0.694. The minimum atomic E-state index is -3.82. The van der Waals surface area contributed by atoms with E-state index < -0.39 is 10.0 Å².